The molecule has 2 aliphatic heterocycles. The van der Waals surface area contributed by atoms with Crippen LogP contribution in [0.15, 0.2) is 18.2 Å². The molecule has 3 atom stereocenters. The molecule has 2 N–H and O–H groups in total. The zero-order chi connectivity index (χ0) is 24.3. The first-order valence-electron chi connectivity index (χ1n) is 10.7. The van der Waals surface area contributed by atoms with Crippen molar-refractivity contribution in [3.63, 3.8) is 0 Å². The summed E-state index contributed by atoms with van der Waals surface area (Å²) in [5, 5.41) is 5.73. The molecular weight excluding hydrogens is 472 g/mol. The normalized spacial score (nSPS) is 21.7. The first-order valence-corrected chi connectivity index (χ1v) is 11.5. The molecular formula is C21H26BCl2N3O6. The van der Waals surface area contributed by atoms with Gasteiger partial charge in [0.1, 0.15) is 12.1 Å². The Morgan fingerprint density at radius 2 is 1.76 bits per heavy atom. The van der Waals surface area contributed by atoms with Crippen LogP contribution in [0.5, 0.6) is 0 Å². The maximum Gasteiger partial charge on any atom is 0.622 e. The molecule has 0 saturated carbocycles. The fourth-order valence-electron chi connectivity index (χ4n) is 4.01. The molecule has 0 aromatic heterocycles. The van der Waals surface area contributed by atoms with Crippen LogP contribution in [-0.2, 0) is 23.7 Å². The van der Waals surface area contributed by atoms with Crippen molar-refractivity contribution in [2.24, 2.45) is 5.92 Å². The number of hydrogen-bond donors (Lipinski definition) is 2. The predicted molar refractivity (Wildman–Crippen MR) is 123 cm³/mol. The van der Waals surface area contributed by atoms with E-state index in [0.29, 0.717) is 24.3 Å². The molecule has 9 nitrogen and oxygen atoms in total. The Morgan fingerprint density at radius 3 is 2.33 bits per heavy atom. The van der Waals surface area contributed by atoms with Crippen LogP contribution in [0.25, 0.3) is 0 Å². The van der Waals surface area contributed by atoms with Crippen LogP contribution in [-0.4, -0.2) is 67.4 Å². The molecule has 2 bridgehead atoms. The zero-order valence-electron chi connectivity index (χ0n) is 18.6. The highest BCUT2D eigenvalue weighted by molar-refractivity contribution is 6.51. The van der Waals surface area contributed by atoms with Gasteiger partial charge in [0.2, 0.25) is 5.91 Å². The number of nitrogens with zero attached hydrogens (tertiary/aromatic N) is 1. The average molecular weight is 498 g/mol. The third-order valence-electron chi connectivity index (χ3n) is 5.69. The molecule has 2 aliphatic rings. The average Bonchev–Trinajstić information content (AvgIpc) is 3.15. The van der Waals surface area contributed by atoms with Gasteiger partial charge in [0.05, 0.1) is 23.1 Å². The highest BCUT2D eigenvalue weighted by atomic mass is 35.5. The van der Waals surface area contributed by atoms with Crippen LogP contribution in [0, 0.1) is 5.92 Å². The summed E-state index contributed by atoms with van der Waals surface area (Å²) in [7, 11) is 0.430. The number of benzene rings is 1. The van der Waals surface area contributed by atoms with E-state index in [0.717, 1.165) is 0 Å². The number of rotatable bonds is 7. The molecule has 33 heavy (non-hydrogen) atoms. The van der Waals surface area contributed by atoms with Crippen LogP contribution < -0.4 is 10.6 Å². The van der Waals surface area contributed by atoms with Gasteiger partial charge in [-0.05, 0) is 50.4 Å². The molecule has 0 spiro atoms. The van der Waals surface area contributed by atoms with Crippen molar-refractivity contribution in [3.05, 3.63) is 33.8 Å². The predicted octanol–water partition coefficient (Wildman–Crippen LogP) is 1.84. The largest absolute Gasteiger partial charge is 0.622 e. The van der Waals surface area contributed by atoms with Crippen molar-refractivity contribution < 1.29 is 28.5 Å². The summed E-state index contributed by atoms with van der Waals surface area (Å²) >= 11 is 11.9. The molecule has 3 rings (SSSR count). The quantitative estimate of drug-likeness (QED) is 0.552. The maximum absolute atomic E-state index is 12.6. The summed E-state index contributed by atoms with van der Waals surface area (Å²) in [4.78, 5) is 51.9. The van der Waals surface area contributed by atoms with Crippen LogP contribution in [0.4, 0.5) is 0 Å². The molecule has 0 unspecified atom stereocenters. The Bertz CT molecular complexity index is 921. The second-order valence-electron chi connectivity index (χ2n) is 8.63. The molecule has 2 amide bonds. The summed E-state index contributed by atoms with van der Waals surface area (Å²) in [6, 6.07) is 3.38. The van der Waals surface area contributed by atoms with Gasteiger partial charge in [-0.1, -0.05) is 37.0 Å². The van der Waals surface area contributed by atoms with E-state index in [1.807, 2.05) is 13.8 Å². The van der Waals surface area contributed by atoms with E-state index in [1.54, 1.807) is 18.0 Å². The van der Waals surface area contributed by atoms with Crippen LogP contribution in [0.1, 0.15) is 43.5 Å². The lowest BCUT2D eigenvalue weighted by atomic mass is 9.73. The van der Waals surface area contributed by atoms with Crippen LogP contribution in [0.3, 0.4) is 0 Å². The van der Waals surface area contributed by atoms with Crippen molar-refractivity contribution in [3.8, 4) is 0 Å². The second kappa shape index (κ2) is 10.8. The molecule has 12 heteroatoms. The molecule has 2 fully saturated rings. The Balaban J connectivity index is 1.66. The monoisotopic (exact) mass is 497 g/mol. The van der Waals surface area contributed by atoms with E-state index in [1.165, 1.54) is 12.1 Å². The molecule has 0 aliphatic carbocycles. The molecule has 1 aromatic rings. The topological polar surface area (TPSA) is 114 Å². The minimum atomic E-state index is -1.26. The molecule has 2 saturated heterocycles. The van der Waals surface area contributed by atoms with Crippen molar-refractivity contribution in [2.75, 3.05) is 13.6 Å². The van der Waals surface area contributed by atoms with E-state index >= 15 is 0 Å². The summed E-state index contributed by atoms with van der Waals surface area (Å²) in [6.07, 6.45) is 1.39. The smallest absolute Gasteiger partial charge is 0.497 e. The van der Waals surface area contributed by atoms with Gasteiger partial charge in [-0.2, -0.15) is 0 Å². The molecule has 2 heterocycles. The Hall–Kier alpha value is -2.30. The zero-order valence-corrected chi connectivity index (χ0v) is 20.1. The van der Waals surface area contributed by atoms with Gasteiger partial charge in [-0.15, -0.1) is 0 Å². The highest BCUT2D eigenvalue weighted by Gasteiger charge is 2.49. The standard InChI is InChI=1S/C21H26BCl2N3O6/c1-11(2)8-17(22-32-20(30)15-6-7-16(27(15)3)21(31)33-22)26-18(28)10-25-19(29)13-9-12(23)4-5-14(13)24/h4-5,9,11,15-17H,6-8,10H2,1-3H3,(H,25,29)(H,26,28)/t15-,16-,17-/m0/s1. The Kier molecular flexibility index (Phi) is 8.26. The lowest BCUT2D eigenvalue weighted by Gasteiger charge is -2.31. The van der Waals surface area contributed by atoms with Gasteiger partial charge in [-0.25, -0.2) is 0 Å². The number of likely N-dealkylation sites (N-methyl/N-ethyl adjacent to an activating group) is 1. The van der Waals surface area contributed by atoms with Gasteiger partial charge >= 0.3 is 19.1 Å². The number of fused-ring (bicyclic) bond motifs is 2. The van der Waals surface area contributed by atoms with Crippen molar-refractivity contribution in [1.82, 2.24) is 15.5 Å². The van der Waals surface area contributed by atoms with Crippen molar-refractivity contribution in [2.45, 2.75) is 51.1 Å². The van der Waals surface area contributed by atoms with E-state index in [9.17, 15) is 19.2 Å². The van der Waals surface area contributed by atoms with E-state index in [2.05, 4.69) is 10.6 Å². The van der Waals surface area contributed by atoms with Gasteiger partial charge in [0.25, 0.3) is 5.91 Å². The van der Waals surface area contributed by atoms with Crippen LogP contribution in [0.2, 0.25) is 10.0 Å². The van der Waals surface area contributed by atoms with Crippen molar-refractivity contribution >= 4 is 54.1 Å². The van der Waals surface area contributed by atoms with Crippen LogP contribution >= 0.6 is 23.2 Å². The first-order chi connectivity index (χ1) is 15.6. The summed E-state index contributed by atoms with van der Waals surface area (Å²) in [5.41, 5.74) is 0.137. The number of halogens is 2. The number of carbonyl (C=O) groups is 4. The fraction of sp³-hybridized carbons (Fsp3) is 0.524. The minimum Gasteiger partial charge on any atom is -0.497 e. The molecule has 1 aromatic carbocycles. The van der Waals surface area contributed by atoms with E-state index in [-0.39, 0.29) is 23.0 Å². The molecule has 0 radical (unpaired) electrons. The summed E-state index contributed by atoms with van der Waals surface area (Å²) in [5.74, 6) is -2.78. The fourth-order valence-corrected chi connectivity index (χ4v) is 4.39. The third-order valence-corrected chi connectivity index (χ3v) is 6.25. The number of hydrogen-bond acceptors (Lipinski definition) is 7. The first kappa shape index (κ1) is 25.3. The number of amides is 2. The van der Waals surface area contributed by atoms with Gasteiger partial charge in [0, 0.05) is 5.02 Å². The Labute approximate surface area is 202 Å². The lowest BCUT2D eigenvalue weighted by molar-refractivity contribution is -0.151. The summed E-state index contributed by atoms with van der Waals surface area (Å²) in [6.45, 7) is 3.48. The lowest BCUT2D eigenvalue weighted by Crippen LogP contribution is -2.57. The SMILES string of the molecule is CC(C)C[C@H](NC(=O)CNC(=O)c1cc(Cl)ccc1Cl)B1OC(=O)[C@@H]2CC[C@@H](C(=O)O1)N2C. The third kappa shape index (κ3) is 6.19. The maximum atomic E-state index is 12.6. The molecule has 178 valence electrons. The van der Waals surface area contributed by atoms with E-state index < -0.39 is 48.9 Å². The van der Waals surface area contributed by atoms with Crippen molar-refractivity contribution in [1.29, 1.82) is 0 Å². The van der Waals surface area contributed by atoms with Gasteiger partial charge in [-0.3, -0.25) is 24.1 Å². The summed E-state index contributed by atoms with van der Waals surface area (Å²) < 4.78 is 11.0. The number of nitrogens with one attached hydrogen (secondary N) is 2. The van der Waals surface area contributed by atoms with Gasteiger partial charge < -0.3 is 19.9 Å². The number of carbonyl (C=O) groups excluding carboxylic acids is 4. The van der Waals surface area contributed by atoms with Gasteiger partial charge in [0.15, 0.2) is 0 Å². The second-order valence-corrected chi connectivity index (χ2v) is 9.47. The minimum absolute atomic E-state index is 0.0948. The highest BCUT2D eigenvalue weighted by Crippen LogP contribution is 2.27. The Morgan fingerprint density at radius 1 is 1.15 bits per heavy atom. The van der Waals surface area contributed by atoms with E-state index in [4.69, 9.17) is 32.5 Å².